The highest BCUT2D eigenvalue weighted by molar-refractivity contribution is 9.09. The molecule has 0 saturated heterocycles. The van der Waals surface area contributed by atoms with Crippen molar-refractivity contribution in [3.05, 3.63) is 12.7 Å². The number of rotatable bonds is 3. The number of hydrogen-bond donors (Lipinski definition) is 0. The number of esters is 1. The first-order chi connectivity index (χ1) is 4.81. The summed E-state index contributed by atoms with van der Waals surface area (Å²) in [4.78, 5) is 10.2. The zero-order valence-electron chi connectivity index (χ0n) is 6.39. The van der Waals surface area contributed by atoms with E-state index >= 15 is 0 Å². The fraction of sp³-hybridized carbons (Fsp3) is 0.571. The molecule has 3 heteroatoms. The maximum Gasteiger partial charge on any atom is 0.330 e. The van der Waals surface area contributed by atoms with Gasteiger partial charge < -0.3 is 4.74 Å². The molecule has 0 amide bonds. The molecule has 0 spiro atoms. The lowest BCUT2D eigenvalue weighted by molar-refractivity contribution is -0.137. The van der Waals surface area contributed by atoms with Crippen LogP contribution in [0.2, 0.25) is 0 Å². The molecule has 0 radical (unpaired) electrons. The molecule has 0 aliphatic carbocycles. The quantitative estimate of drug-likeness (QED) is 0.404. The third kappa shape index (κ3) is 10.6. The van der Waals surface area contributed by atoms with Gasteiger partial charge in [0.25, 0.3) is 0 Å². The molecule has 0 heterocycles. The molecule has 0 rings (SSSR count). The second-order valence-electron chi connectivity index (χ2n) is 1.06. The molecule has 0 saturated carbocycles. The molecule has 0 aromatic carbocycles. The monoisotopic (exact) mass is 208 g/mol. The maximum atomic E-state index is 10.2. The van der Waals surface area contributed by atoms with E-state index in [9.17, 15) is 4.79 Å². The van der Waals surface area contributed by atoms with Gasteiger partial charge in [-0.05, 0) is 0 Å². The first-order valence-electron chi connectivity index (χ1n) is 3.16. The Morgan fingerprint density at radius 2 is 2.20 bits per heavy atom. The smallest absolute Gasteiger partial charge is 0.330 e. The summed E-state index contributed by atoms with van der Waals surface area (Å²) in [5.74, 6) is -0.371. The van der Waals surface area contributed by atoms with Crippen LogP contribution in [-0.2, 0) is 9.53 Å². The Labute approximate surface area is 70.4 Å². The third-order valence-electron chi connectivity index (χ3n) is 0.488. The van der Waals surface area contributed by atoms with Gasteiger partial charge in [0.05, 0.1) is 0 Å². The van der Waals surface area contributed by atoms with E-state index in [0.717, 1.165) is 6.08 Å². The van der Waals surface area contributed by atoms with Crippen molar-refractivity contribution in [1.82, 2.24) is 0 Å². The molecule has 0 unspecified atom stereocenters. The topological polar surface area (TPSA) is 26.3 Å². The Balaban J connectivity index is 0. The van der Waals surface area contributed by atoms with Gasteiger partial charge in [-0.1, -0.05) is 36.4 Å². The lowest BCUT2D eigenvalue weighted by Crippen LogP contribution is -2.01. The van der Waals surface area contributed by atoms with E-state index in [1.807, 2.05) is 13.8 Å². The van der Waals surface area contributed by atoms with Gasteiger partial charge in [-0.15, -0.1) is 0 Å². The number of halogens is 1. The summed E-state index contributed by atoms with van der Waals surface area (Å²) in [5, 5.41) is 0.673. The maximum absolute atomic E-state index is 10.2. The fourth-order valence-corrected chi connectivity index (χ4v) is 0.360. The summed E-state index contributed by atoms with van der Waals surface area (Å²) in [5.41, 5.74) is 0. The van der Waals surface area contributed by atoms with E-state index in [0.29, 0.717) is 11.9 Å². The van der Waals surface area contributed by atoms with Crippen molar-refractivity contribution in [2.24, 2.45) is 0 Å². The van der Waals surface area contributed by atoms with Crippen molar-refractivity contribution in [1.29, 1.82) is 0 Å². The van der Waals surface area contributed by atoms with Gasteiger partial charge in [0.2, 0.25) is 0 Å². The molecule has 2 nitrogen and oxygen atoms in total. The highest BCUT2D eigenvalue weighted by atomic mass is 79.9. The predicted octanol–water partition coefficient (Wildman–Crippen LogP) is 2.14. The minimum atomic E-state index is -0.371. The molecule has 0 aromatic rings. The van der Waals surface area contributed by atoms with E-state index in [4.69, 9.17) is 0 Å². The molecule has 0 aliphatic heterocycles. The lowest BCUT2D eigenvalue weighted by atomic mass is 10.6. The zero-order chi connectivity index (χ0) is 8.41. The molecule has 10 heavy (non-hydrogen) atoms. The molecule has 0 bridgehead atoms. The average Bonchev–Trinajstić information content (AvgIpc) is 2.04. The summed E-state index contributed by atoms with van der Waals surface area (Å²) in [7, 11) is 0. The van der Waals surface area contributed by atoms with Crippen molar-refractivity contribution in [3.8, 4) is 0 Å². The van der Waals surface area contributed by atoms with Crippen LogP contribution in [-0.4, -0.2) is 17.9 Å². The first-order valence-corrected chi connectivity index (χ1v) is 4.28. The molecule has 0 atom stereocenters. The number of ether oxygens (including phenoxy) is 1. The van der Waals surface area contributed by atoms with Crippen molar-refractivity contribution >= 4 is 21.9 Å². The van der Waals surface area contributed by atoms with Crippen LogP contribution in [0.4, 0.5) is 0 Å². The predicted molar refractivity (Wildman–Crippen MR) is 46.3 cm³/mol. The molecule has 0 aliphatic rings. The second kappa shape index (κ2) is 11.5. The van der Waals surface area contributed by atoms with Crippen LogP contribution in [0.1, 0.15) is 13.8 Å². The first kappa shape index (κ1) is 12.4. The van der Waals surface area contributed by atoms with Crippen LogP contribution in [0.25, 0.3) is 0 Å². The van der Waals surface area contributed by atoms with Gasteiger partial charge in [0, 0.05) is 11.4 Å². The molecular weight excluding hydrogens is 196 g/mol. The molecule has 0 N–H and O–H groups in total. The second-order valence-corrected chi connectivity index (χ2v) is 1.85. The molecular formula is C7H13BrO2. The van der Waals surface area contributed by atoms with Gasteiger partial charge >= 0.3 is 5.97 Å². The minimum Gasteiger partial charge on any atom is -0.462 e. The standard InChI is InChI=1S/C5H7BrO2.C2H6/c1-2-5(7)8-4-3-6;1-2/h2H,1,3-4H2;1-2H3. The Morgan fingerprint density at radius 1 is 1.70 bits per heavy atom. The van der Waals surface area contributed by atoms with Gasteiger partial charge in [-0.2, -0.15) is 0 Å². The fourth-order valence-electron chi connectivity index (χ4n) is 0.198. The van der Waals surface area contributed by atoms with Gasteiger partial charge in [-0.25, -0.2) is 4.79 Å². The van der Waals surface area contributed by atoms with Crippen LogP contribution >= 0.6 is 15.9 Å². The Hall–Kier alpha value is -0.310. The summed E-state index contributed by atoms with van der Waals surface area (Å²) in [6, 6.07) is 0. The van der Waals surface area contributed by atoms with E-state index < -0.39 is 0 Å². The van der Waals surface area contributed by atoms with Gasteiger partial charge in [0.15, 0.2) is 0 Å². The van der Waals surface area contributed by atoms with E-state index in [1.54, 1.807) is 0 Å². The minimum absolute atomic E-state index is 0.371. The molecule has 0 aromatic heterocycles. The number of alkyl halides is 1. The molecule has 0 fully saturated rings. The summed E-state index contributed by atoms with van der Waals surface area (Å²) < 4.78 is 4.54. The number of carbonyl (C=O) groups excluding carboxylic acids is 1. The Kier molecular flexibility index (Phi) is 14.2. The largest absolute Gasteiger partial charge is 0.462 e. The van der Waals surface area contributed by atoms with E-state index in [-0.39, 0.29) is 5.97 Å². The third-order valence-corrected chi connectivity index (χ3v) is 0.812. The van der Waals surface area contributed by atoms with Gasteiger partial charge in [-0.3, -0.25) is 0 Å². The summed E-state index contributed by atoms with van der Waals surface area (Å²) in [6.45, 7) is 7.63. The van der Waals surface area contributed by atoms with Crippen LogP contribution in [0, 0.1) is 0 Å². The summed E-state index contributed by atoms with van der Waals surface area (Å²) in [6.07, 6.45) is 1.14. The van der Waals surface area contributed by atoms with Crippen LogP contribution in [0.15, 0.2) is 12.7 Å². The summed E-state index contributed by atoms with van der Waals surface area (Å²) >= 11 is 3.10. The highest BCUT2D eigenvalue weighted by Gasteiger charge is 1.90. The normalized spacial score (nSPS) is 7.10. The van der Waals surface area contributed by atoms with E-state index in [1.165, 1.54) is 0 Å². The van der Waals surface area contributed by atoms with Crippen LogP contribution in [0.3, 0.4) is 0 Å². The van der Waals surface area contributed by atoms with Crippen molar-refractivity contribution in [2.45, 2.75) is 13.8 Å². The van der Waals surface area contributed by atoms with Crippen LogP contribution < -0.4 is 0 Å². The number of hydrogen-bond acceptors (Lipinski definition) is 2. The highest BCUT2D eigenvalue weighted by Crippen LogP contribution is 1.82. The zero-order valence-corrected chi connectivity index (χ0v) is 7.98. The van der Waals surface area contributed by atoms with Crippen molar-refractivity contribution in [3.63, 3.8) is 0 Å². The SMILES string of the molecule is C=CC(=O)OCCBr.CC. The van der Waals surface area contributed by atoms with E-state index in [2.05, 4.69) is 27.2 Å². The number of carbonyl (C=O) groups is 1. The van der Waals surface area contributed by atoms with Crippen LogP contribution in [0.5, 0.6) is 0 Å². The Morgan fingerprint density at radius 3 is 2.50 bits per heavy atom. The van der Waals surface area contributed by atoms with Gasteiger partial charge in [0.1, 0.15) is 6.61 Å². The average molecular weight is 209 g/mol. The Bertz CT molecular complexity index is 91.6. The molecule has 60 valence electrons. The van der Waals surface area contributed by atoms with Crippen molar-refractivity contribution in [2.75, 3.05) is 11.9 Å². The van der Waals surface area contributed by atoms with Crippen molar-refractivity contribution < 1.29 is 9.53 Å². The lowest BCUT2D eigenvalue weighted by Gasteiger charge is -1.94.